The van der Waals surface area contributed by atoms with Crippen LogP contribution in [0.2, 0.25) is 0 Å². The van der Waals surface area contributed by atoms with Crippen LogP contribution in [0.15, 0.2) is 35.5 Å². The molecule has 7 heteroatoms. The maximum atomic E-state index is 12.9. The van der Waals surface area contributed by atoms with Gasteiger partial charge in [-0.2, -0.15) is 5.26 Å². The van der Waals surface area contributed by atoms with Gasteiger partial charge >= 0.3 is 0 Å². The number of anilines is 1. The molecule has 1 aliphatic rings. The molecule has 27 heavy (non-hydrogen) atoms. The molecule has 1 aliphatic carbocycles. The Morgan fingerprint density at radius 3 is 2.70 bits per heavy atom. The van der Waals surface area contributed by atoms with Gasteiger partial charge in [0.15, 0.2) is 5.16 Å². The fraction of sp³-hybridized carbons (Fsp3) is 0.500. The van der Waals surface area contributed by atoms with Gasteiger partial charge in [0.2, 0.25) is 5.91 Å². The summed E-state index contributed by atoms with van der Waals surface area (Å²) in [6.07, 6.45) is 6.38. The van der Waals surface area contributed by atoms with E-state index in [2.05, 4.69) is 20.8 Å². The number of para-hydroxylation sites is 1. The van der Waals surface area contributed by atoms with Crippen molar-refractivity contribution in [2.24, 2.45) is 0 Å². The number of aromatic nitrogens is 3. The van der Waals surface area contributed by atoms with Gasteiger partial charge in [0.25, 0.3) is 0 Å². The van der Waals surface area contributed by atoms with Crippen molar-refractivity contribution >= 4 is 23.4 Å². The zero-order valence-corrected chi connectivity index (χ0v) is 16.5. The molecule has 0 radical (unpaired) electrons. The number of hydrogen-bond acceptors (Lipinski definition) is 5. The number of thioether (sulfide) groups is 1. The first-order valence-electron chi connectivity index (χ1n) is 9.47. The lowest BCUT2D eigenvalue weighted by molar-refractivity contribution is -0.116. The Hall–Kier alpha value is -2.33. The van der Waals surface area contributed by atoms with Crippen molar-refractivity contribution in [3.8, 4) is 6.07 Å². The summed E-state index contributed by atoms with van der Waals surface area (Å²) in [5, 5.41) is 18.3. The summed E-state index contributed by atoms with van der Waals surface area (Å²) in [4.78, 5) is 14.5. The van der Waals surface area contributed by atoms with Crippen LogP contribution < -0.4 is 4.90 Å². The van der Waals surface area contributed by atoms with Crippen LogP contribution in [0.1, 0.15) is 50.4 Å². The van der Waals surface area contributed by atoms with Crippen LogP contribution >= 0.6 is 11.8 Å². The average molecular weight is 384 g/mol. The molecular formula is C20H25N5OS. The molecule has 0 N–H and O–H groups in total. The summed E-state index contributed by atoms with van der Waals surface area (Å²) >= 11 is 1.44. The summed E-state index contributed by atoms with van der Waals surface area (Å²) in [5.41, 5.74) is 0.822. The molecule has 0 saturated heterocycles. The first-order chi connectivity index (χ1) is 13.2. The highest BCUT2D eigenvalue weighted by atomic mass is 32.2. The third-order valence-electron chi connectivity index (χ3n) is 4.92. The van der Waals surface area contributed by atoms with E-state index in [0.717, 1.165) is 29.5 Å². The van der Waals surface area contributed by atoms with Gasteiger partial charge in [0.05, 0.1) is 18.2 Å². The van der Waals surface area contributed by atoms with E-state index in [9.17, 15) is 4.79 Å². The van der Waals surface area contributed by atoms with Crippen LogP contribution in [0.25, 0.3) is 0 Å². The van der Waals surface area contributed by atoms with Gasteiger partial charge in [-0.3, -0.25) is 4.79 Å². The quantitative estimate of drug-likeness (QED) is 0.672. The Balaban J connectivity index is 1.70. The molecule has 0 unspecified atom stereocenters. The second kappa shape index (κ2) is 9.56. The highest BCUT2D eigenvalue weighted by Crippen LogP contribution is 2.32. The van der Waals surface area contributed by atoms with E-state index >= 15 is 0 Å². The molecule has 0 bridgehead atoms. The molecule has 1 heterocycles. The van der Waals surface area contributed by atoms with Gasteiger partial charge < -0.3 is 9.47 Å². The molecule has 6 nitrogen and oxygen atoms in total. The zero-order chi connectivity index (χ0) is 19.1. The van der Waals surface area contributed by atoms with E-state index in [1.54, 1.807) is 4.90 Å². The summed E-state index contributed by atoms with van der Waals surface area (Å²) in [6.45, 7) is 2.38. The third-order valence-corrected chi connectivity index (χ3v) is 5.84. The van der Waals surface area contributed by atoms with E-state index in [1.807, 2.05) is 37.3 Å². The lowest BCUT2D eigenvalue weighted by Gasteiger charge is -2.25. The Bertz CT molecular complexity index is 792. The number of carbonyl (C=O) groups excluding carboxylic acids is 1. The van der Waals surface area contributed by atoms with E-state index in [-0.39, 0.29) is 11.7 Å². The van der Waals surface area contributed by atoms with Gasteiger partial charge in [-0.15, -0.1) is 10.2 Å². The lowest BCUT2D eigenvalue weighted by Crippen LogP contribution is -2.33. The van der Waals surface area contributed by atoms with Gasteiger partial charge in [-0.25, -0.2) is 0 Å². The molecule has 1 fully saturated rings. The predicted octanol–water partition coefficient (Wildman–Crippen LogP) is 4.13. The van der Waals surface area contributed by atoms with Crippen molar-refractivity contribution in [3.05, 3.63) is 36.2 Å². The highest BCUT2D eigenvalue weighted by molar-refractivity contribution is 7.99. The predicted molar refractivity (Wildman–Crippen MR) is 107 cm³/mol. The molecule has 142 valence electrons. The molecule has 0 atom stereocenters. The van der Waals surface area contributed by atoms with Crippen LogP contribution in [0.5, 0.6) is 0 Å². The Labute approximate surface area is 164 Å². The van der Waals surface area contributed by atoms with E-state index < -0.39 is 0 Å². The number of nitriles is 1. The standard InChI is InChI=1S/C20H25N5OS/c1-16-22-23-20(25(16)18-11-6-3-7-12-18)27-15-19(26)24(14-8-13-21)17-9-4-2-5-10-17/h2,4-5,9-10,18H,3,6-8,11-12,14-15H2,1H3. The molecule has 2 aromatic rings. The summed E-state index contributed by atoms with van der Waals surface area (Å²) < 4.78 is 2.21. The SMILES string of the molecule is Cc1nnc(SCC(=O)N(CCC#N)c2ccccc2)n1C1CCCCC1. The number of benzene rings is 1. The van der Waals surface area contributed by atoms with E-state index in [0.29, 0.717) is 19.0 Å². The highest BCUT2D eigenvalue weighted by Gasteiger charge is 2.23. The summed E-state index contributed by atoms with van der Waals surface area (Å²) in [7, 11) is 0. The maximum absolute atomic E-state index is 12.9. The number of aryl methyl sites for hydroxylation is 1. The molecule has 0 aliphatic heterocycles. The number of rotatable bonds is 7. The first-order valence-corrected chi connectivity index (χ1v) is 10.5. The number of nitrogens with zero attached hydrogens (tertiary/aromatic N) is 5. The fourth-order valence-electron chi connectivity index (χ4n) is 3.58. The lowest BCUT2D eigenvalue weighted by atomic mass is 9.95. The Morgan fingerprint density at radius 2 is 2.00 bits per heavy atom. The average Bonchev–Trinajstić information content (AvgIpc) is 3.08. The second-order valence-corrected chi connectivity index (χ2v) is 7.71. The van der Waals surface area contributed by atoms with Crippen LogP contribution in [-0.2, 0) is 4.79 Å². The molecule has 0 spiro atoms. The fourth-order valence-corrected chi connectivity index (χ4v) is 4.51. The number of amides is 1. The third kappa shape index (κ3) is 4.89. The van der Waals surface area contributed by atoms with Crippen molar-refractivity contribution in [1.82, 2.24) is 14.8 Å². The van der Waals surface area contributed by atoms with E-state index in [4.69, 9.17) is 5.26 Å². The molecule has 1 amide bonds. The number of hydrogen-bond donors (Lipinski definition) is 0. The van der Waals surface area contributed by atoms with Gasteiger partial charge in [0.1, 0.15) is 5.82 Å². The monoisotopic (exact) mass is 383 g/mol. The normalized spacial score (nSPS) is 14.7. The Kier molecular flexibility index (Phi) is 6.88. The van der Waals surface area contributed by atoms with Crippen molar-refractivity contribution in [2.45, 2.75) is 56.6 Å². The van der Waals surface area contributed by atoms with Crippen molar-refractivity contribution < 1.29 is 4.79 Å². The van der Waals surface area contributed by atoms with Crippen molar-refractivity contribution in [2.75, 3.05) is 17.2 Å². The van der Waals surface area contributed by atoms with Gasteiger partial charge in [-0.05, 0) is 31.9 Å². The van der Waals surface area contributed by atoms with Crippen molar-refractivity contribution in [3.63, 3.8) is 0 Å². The smallest absolute Gasteiger partial charge is 0.237 e. The first kappa shape index (κ1) is 19.4. The van der Waals surface area contributed by atoms with Crippen LogP contribution in [0.3, 0.4) is 0 Å². The molecular weight excluding hydrogens is 358 g/mol. The van der Waals surface area contributed by atoms with Crippen LogP contribution in [0.4, 0.5) is 5.69 Å². The zero-order valence-electron chi connectivity index (χ0n) is 15.7. The topological polar surface area (TPSA) is 74.8 Å². The summed E-state index contributed by atoms with van der Waals surface area (Å²) in [5.74, 6) is 1.18. The molecule has 3 rings (SSSR count). The van der Waals surface area contributed by atoms with Crippen LogP contribution in [-0.4, -0.2) is 33.0 Å². The van der Waals surface area contributed by atoms with Crippen LogP contribution in [0, 0.1) is 18.3 Å². The maximum Gasteiger partial charge on any atom is 0.237 e. The minimum Gasteiger partial charge on any atom is -0.311 e. The molecule has 1 aromatic heterocycles. The molecule has 1 saturated carbocycles. The largest absolute Gasteiger partial charge is 0.311 e. The van der Waals surface area contributed by atoms with E-state index in [1.165, 1.54) is 31.0 Å². The minimum atomic E-state index is -0.0164. The Morgan fingerprint density at radius 1 is 1.26 bits per heavy atom. The molecule has 1 aromatic carbocycles. The number of carbonyl (C=O) groups is 1. The van der Waals surface area contributed by atoms with Gasteiger partial charge in [0, 0.05) is 18.3 Å². The van der Waals surface area contributed by atoms with Crippen molar-refractivity contribution in [1.29, 1.82) is 5.26 Å². The minimum absolute atomic E-state index is 0.0164. The second-order valence-electron chi connectivity index (χ2n) is 6.77. The van der Waals surface area contributed by atoms with Gasteiger partial charge in [-0.1, -0.05) is 49.2 Å². The summed E-state index contributed by atoms with van der Waals surface area (Å²) in [6, 6.07) is 12.1.